The summed E-state index contributed by atoms with van der Waals surface area (Å²) in [5.74, 6) is -0.709. The molecule has 3 nitrogen and oxygen atoms in total. The third-order valence-corrected chi connectivity index (χ3v) is 2.58. The number of fused-ring (bicyclic) bond motifs is 1. The van der Waals surface area contributed by atoms with Crippen molar-refractivity contribution in [1.82, 2.24) is 0 Å². The summed E-state index contributed by atoms with van der Waals surface area (Å²) in [4.78, 5) is 11.1. The van der Waals surface area contributed by atoms with Gasteiger partial charge in [0.25, 0.3) is 0 Å². The summed E-state index contributed by atoms with van der Waals surface area (Å²) >= 11 is 3.14. The van der Waals surface area contributed by atoms with E-state index < -0.39 is 11.9 Å². The van der Waals surface area contributed by atoms with Crippen LogP contribution in [-0.2, 0) is 4.79 Å². The Hall–Kier alpha value is -0.940. The molecule has 1 aromatic rings. The van der Waals surface area contributed by atoms with Crippen molar-refractivity contribution < 1.29 is 9.18 Å². The molecule has 2 rings (SSSR count). The maximum atomic E-state index is 12.9. The fourth-order valence-electron chi connectivity index (χ4n) is 1.31. The summed E-state index contributed by atoms with van der Waals surface area (Å²) in [6.07, 6.45) is 0. The molecular weight excluding hydrogens is 239 g/mol. The SMILES string of the molecule is NC1C(=O)Nc2c(Br)cc(F)cc21. The van der Waals surface area contributed by atoms with Crippen LogP contribution in [0.2, 0.25) is 0 Å². The Morgan fingerprint density at radius 3 is 2.92 bits per heavy atom. The third-order valence-electron chi connectivity index (χ3n) is 1.95. The number of nitrogens with one attached hydrogen (secondary N) is 1. The van der Waals surface area contributed by atoms with Gasteiger partial charge in [-0.3, -0.25) is 4.79 Å². The van der Waals surface area contributed by atoms with Crippen molar-refractivity contribution >= 4 is 27.5 Å². The van der Waals surface area contributed by atoms with E-state index in [-0.39, 0.29) is 5.91 Å². The fourth-order valence-corrected chi connectivity index (χ4v) is 1.86. The zero-order valence-corrected chi connectivity index (χ0v) is 8.06. The van der Waals surface area contributed by atoms with E-state index in [1.807, 2.05) is 0 Å². The van der Waals surface area contributed by atoms with Crippen molar-refractivity contribution in [3.63, 3.8) is 0 Å². The van der Waals surface area contributed by atoms with Gasteiger partial charge in [-0.15, -0.1) is 0 Å². The molecule has 1 unspecified atom stereocenters. The highest BCUT2D eigenvalue weighted by Gasteiger charge is 2.29. The molecule has 0 fully saturated rings. The number of rotatable bonds is 0. The van der Waals surface area contributed by atoms with E-state index in [2.05, 4.69) is 21.2 Å². The predicted octanol–water partition coefficient (Wildman–Crippen LogP) is 1.54. The summed E-state index contributed by atoms with van der Waals surface area (Å²) in [6, 6.07) is 1.79. The molecule has 1 atom stereocenters. The molecule has 0 spiro atoms. The number of benzene rings is 1. The average molecular weight is 245 g/mol. The van der Waals surface area contributed by atoms with Crippen LogP contribution in [0, 0.1) is 5.82 Å². The Labute approximate surface area is 82.2 Å². The molecule has 0 aliphatic carbocycles. The second-order valence-corrected chi connectivity index (χ2v) is 3.67. The molecule has 68 valence electrons. The summed E-state index contributed by atoms with van der Waals surface area (Å²) in [5, 5.41) is 2.57. The molecule has 0 saturated carbocycles. The third kappa shape index (κ3) is 1.24. The highest BCUT2D eigenvalue weighted by molar-refractivity contribution is 9.10. The van der Waals surface area contributed by atoms with Gasteiger partial charge in [0.2, 0.25) is 5.91 Å². The van der Waals surface area contributed by atoms with Gasteiger partial charge in [0, 0.05) is 10.0 Å². The number of carbonyl (C=O) groups excluding carboxylic acids is 1. The molecular formula is C8H6BrFN2O. The number of hydrogen-bond donors (Lipinski definition) is 2. The van der Waals surface area contributed by atoms with Crippen LogP contribution < -0.4 is 11.1 Å². The van der Waals surface area contributed by atoms with Crippen LogP contribution in [-0.4, -0.2) is 5.91 Å². The predicted molar refractivity (Wildman–Crippen MR) is 49.7 cm³/mol. The monoisotopic (exact) mass is 244 g/mol. The van der Waals surface area contributed by atoms with Gasteiger partial charge in [-0.2, -0.15) is 0 Å². The van der Waals surface area contributed by atoms with E-state index in [9.17, 15) is 9.18 Å². The molecule has 1 aromatic carbocycles. The minimum absolute atomic E-state index is 0.304. The van der Waals surface area contributed by atoms with Crippen LogP contribution in [0.15, 0.2) is 16.6 Å². The topological polar surface area (TPSA) is 55.1 Å². The highest BCUT2D eigenvalue weighted by Crippen LogP contribution is 2.36. The number of hydrogen-bond acceptors (Lipinski definition) is 2. The summed E-state index contributed by atoms with van der Waals surface area (Å²) in [7, 11) is 0. The van der Waals surface area contributed by atoms with Crippen molar-refractivity contribution in [2.75, 3.05) is 5.32 Å². The van der Waals surface area contributed by atoms with Crippen molar-refractivity contribution in [3.8, 4) is 0 Å². The largest absolute Gasteiger partial charge is 0.323 e. The van der Waals surface area contributed by atoms with Gasteiger partial charge in [-0.25, -0.2) is 4.39 Å². The Morgan fingerprint density at radius 2 is 2.23 bits per heavy atom. The quantitative estimate of drug-likeness (QED) is 0.728. The van der Waals surface area contributed by atoms with Crippen LogP contribution >= 0.6 is 15.9 Å². The lowest BCUT2D eigenvalue weighted by Gasteiger charge is -2.02. The molecule has 3 N–H and O–H groups in total. The second kappa shape index (κ2) is 2.78. The average Bonchev–Trinajstić information content (AvgIpc) is 2.32. The van der Waals surface area contributed by atoms with Crippen molar-refractivity contribution in [1.29, 1.82) is 0 Å². The van der Waals surface area contributed by atoms with Crippen molar-refractivity contribution in [3.05, 3.63) is 28.0 Å². The summed E-state index contributed by atoms with van der Waals surface area (Å²) < 4.78 is 13.4. The van der Waals surface area contributed by atoms with Crippen LogP contribution in [0.4, 0.5) is 10.1 Å². The van der Waals surface area contributed by atoms with E-state index in [4.69, 9.17) is 5.73 Å². The van der Waals surface area contributed by atoms with E-state index in [1.165, 1.54) is 12.1 Å². The van der Waals surface area contributed by atoms with Gasteiger partial charge in [0.1, 0.15) is 11.9 Å². The Morgan fingerprint density at radius 1 is 1.54 bits per heavy atom. The first-order chi connectivity index (χ1) is 6.09. The number of carbonyl (C=O) groups is 1. The smallest absolute Gasteiger partial charge is 0.246 e. The molecule has 0 bridgehead atoms. The summed E-state index contributed by atoms with van der Waals surface area (Å²) in [5.41, 5.74) is 6.59. The van der Waals surface area contributed by atoms with Crippen LogP contribution in [0.1, 0.15) is 11.6 Å². The van der Waals surface area contributed by atoms with Gasteiger partial charge in [-0.1, -0.05) is 0 Å². The van der Waals surface area contributed by atoms with Gasteiger partial charge in [0.15, 0.2) is 0 Å². The fraction of sp³-hybridized carbons (Fsp3) is 0.125. The molecule has 13 heavy (non-hydrogen) atoms. The normalized spacial score (nSPS) is 19.9. The summed E-state index contributed by atoms with van der Waals surface area (Å²) in [6.45, 7) is 0. The zero-order valence-electron chi connectivity index (χ0n) is 6.47. The standard InChI is InChI=1S/C8H6BrFN2O/c9-5-2-3(10)1-4-6(11)8(13)12-7(4)5/h1-2,6H,11H2,(H,12,13). The van der Waals surface area contributed by atoms with Gasteiger partial charge in [0.05, 0.1) is 5.69 Å². The molecule has 5 heteroatoms. The number of halogens is 2. The number of nitrogens with two attached hydrogens (primary N) is 1. The molecule has 0 radical (unpaired) electrons. The molecule has 1 amide bonds. The minimum Gasteiger partial charge on any atom is -0.323 e. The van der Waals surface area contributed by atoms with Crippen LogP contribution in [0.3, 0.4) is 0 Å². The van der Waals surface area contributed by atoms with Crippen molar-refractivity contribution in [2.24, 2.45) is 5.73 Å². The van der Waals surface area contributed by atoms with E-state index >= 15 is 0 Å². The highest BCUT2D eigenvalue weighted by atomic mass is 79.9. The molecule has 1 aliphatic heterocycles. The molecule has 0 aromatic heterocycles. The second-order valence-electron chi connectivity index (χ2n) is 2.82. The van der Waals surface area contributed by atoms with Gasteiger partial charge in [-0.05, 0) is 28.1 Å². The van der Waals surface area contributed by atoms with E-state index in [0.29, 0.717) is 15.7 Å². The van der Waals surface area contributed by atoms with E-state index in [0.717, 1.165) is 0 Å². The Kier molecular flexibility index (Phi) is 1.85. The first-order valence-electron chi connectivity index (χ1n) is 3.65. The molecule has 0 saturated heterocycles. The lowest BCUT2D eigenvalue weighted by Crippen LogP contribution is -2.19. The number of anilines is 1. The lowest BCUT2D eigenvalue weighted by atomic mass is 10.1. The first kappa shape index (κ1) is 8.65. The van der Waals surface area contributed by atoms with Crippen LogP contribution in [0.25, 0.3) is 0 Å². The first-order valence-corrected chi connectivity index (χ1v) is 4.44. The minimum atomic E-state index is -0.762. The molecule has 1 aliphatic rings. The Bertz CT molecular complexity index is 394. The van der Waals surface area contributed by atoms with Crippen molar-refractivity contribution in [2.45, 2.75) is 6.04 Å². The maximum absolute atomic E-state index is 12.9. The lowest BCUT2D eigenvalue weighted by molar-refractivity contribution is -0.116. The van der Waals surface area contributed by atoms with Gasteiger partial charge >= 0.3 is 0 Å². The van der Waals surface area contributed by atoms with Crippen LogP contribution in [0.5, 0.6) is 0 Å². The maximum Gasteiger partial charge on any atom is 0.246 e. The zero-order chi connectivity index (χ0) is 9.59. The van der Waals surface area contributed by atoms with Gasteiger partial charge < -0.3 is 11.1 Å². The number of amides is 1. The Balaban J connectivity index is 2.63. The molecule has 1 heterocycles. The van der Waals surface area contributed by atoms with E-state index in [1.54, 1.807) is 0 Å².